The number of benzene rings is 1. The number of nitrogens with zero attached hydrogens (tertiary/aromatic N) is 1. The van der Waals surface area contributed by atoms with Crippen LogP contribution < -0.4 is 4.74 Å². The van der Waals surface area contributed by atoms with Gasteiger partial charge in [0.05, 0.1) is 19.3 Å². The normalized spacial score (nSPS) is 12.3. The van der Waals surface area contributed by atoms with E-state index >= 15 is 0 Å². The number of amides is 1. The Morgan fingerprint density at radius 1 is 1.26 bits per heavy atom. The van der Waals surface area contributed by atoms with E-state index in [4.69, 9.17) is 9.47 Å². The zero-order valence-corrected chi connectivity index (χ0v) is 12.3. The Kier molecular flexibility index (Phi) is 5.83. The zero-order valence-electron chi connectivity index (χ0n) is 12.3. The molecule has 19 heavy (non-hydrogen) atoms. The smallest absolute Gasteiger partial charge is 0.248 e. The van der Waals surface area contributed by atoms with Gasteiger partial charge in [-0.05, 0) is 26.8 Å². The van der Waals surface area contributed by atoms with Crippen molar-refractivity contribution in [1.29, 1.82) is 0 Å². The SMILES string of the molecule is COc1ccccc1C(C)N(C)C(=O)COC(C)C. The maximum atomic E-state index is 12.0. The molecule has 0 N–H and O–H groups in total. The molecule has 1 unspecified atom stereocenters. The number of hydrogen-bond donors (Lipinski definition) is 0. The minimum absolute atomic E-state index is 0.0351. The molecule has 0 bridgehead atoms. The number of rotatable bonds is 6. The van der Waals surface area contributed by atoms with Crippen LogP contribution in [0.25, 0.3) is 0 Å². The molecular formula is C15H23NO3. The summed E-state index contributed by atoms with van der Waals surface area (Å²) in [5.41, 5.74) is 0.991. The van der Waals surface area contributed by atoms with Gasteiger partial charge in [-0.3, -0.25) is 4.79 Å². The summed E-state index contributed by atoms with van der Waals surface area (Å²) >= 11 is 0. The Morgan fingerprint density at radius 2 is 1.89 bits per heavy atom. The van der Waals surface area contributed by atoms with Gasteiger partial charge in [0.2, 0.25) is 5.91 Å². The molecule has 0 saturated carbocycles. The summed E-state index contributed by atoms with van der Waals surface area (Å²) in [6, 6.07) is 7.67. The van der Waals surface area contributed by atoms with Crippen LogP contribution in [0.2, 0.25) is 0 Å². The largest absolute Gasteiger partial charge is 0.496 e. The molecule has 1 amide bonds. The van der Waals surface area contributed by atoms with E-state index in [1.54, 1.807) is 19.1 Å². The van der Waals surface area contributed by atoms with Crippen molar-refractivity contribution in [2.45, 2.75) is 32.9 Å². The van der Waals surface area contributed by atoms with Gasteiger partial charge in [-0.1, -0.05) is 18.2 Å². The first-order valence-corrected chi connectivity index (χ1v) is 6.47. The third-order valence-corrected chi connectivity index (χ3v) is 3.10. The number of carbonyl (C=O) groups is 1. The van der Waals surface area contributed by atoms with Gasteiger partial charge in [0.25, 0.3) is 0 Å². The fourth-order valence-corrected chi connectivity index (χ4v) is 1.78. The Hall–Kier alpha value is -1.55. The Balaban J connectivity index is 2.75. The van der Waals surface area contributed by atoms with Crippen LogP contribution in [0.1, 0.15) is 32.4 Å². The van der Waals surface area contributed by atoms with E-state index in [2.05, 4.69) is 0 Å². The van der Waals surface area contributed by atoms with Gasteiger partial charge < -0.3 is 14.4 Å². The molecule has 1 atom stereocenters. The fourth-order valence-electron chi connectivity index (χ4n) is 1.78. The van der Waals surface area contributed by atoms with Gasteiger partial charge in [0.15, 0.2) is 0 Å². The standard InChI is InChI=1S/C15H23NO3/c1-11(2)19-10-15(17)16(4)12(3)13-8-6-7-9-14(13)18-5/h6-9,11-12H,10H2,1-5H3. The van der Waals surface area contributed by atoms with Crippen LogP contribution in [0.4, 0.5) is 0 Å². The highest BCUT2D eigenvalue weighted by atomic mass is 16.5. The fraction of sp³-hybridized carbons (Fsp3) is 0.533. The summed E-state index contributed by atoms with van der Waals surface area (Å²) < 4.78 is 10.7. The lowest BCUT2D eigenvalue weighted by Gasteiger charge is -2.26. The van der Waals surface area contributed by atoms with Crippen LogP contribution in [0.5, 0.6) is 5.75 Å². The minimum Gasteiger partial charge on any atom is -0.496 e. The quantitative estimate of drug-likeness (QED) is 0.793. The van der Waals surface area contributed by atoms with Gasteiger partial charge in [-0.25, -0.2) is 0 Å². The van der Waals surface area contributed by atoms with Gasteiger partial charge in [-0.2, -0.15) is 0 Å². The van der Waals surface area contributed by atoms with Crippen molar-refractivity contribution in [3.63, 3.8) is 0 Å². The molecule has 1 aromatic carbocycles. The van der Waals surface area contributed by atoms with E-state index in [9.17, 15) is 4.79 Å². The highest BCUT2D eigenvalue weighted by Crippen LogP contribution is 2.28. The first kappa shape index (κ1) is 15.5. The van der Waals surface area contributed by atoms with Crippen molar-refractivity contribution in [3.8, 4) is 5.75 Å². The lowest BCUT2D eigenvalue weighted by molar-refractivity contribution is -0.138. The zero-order chi connectivity index (χ0) is 14.4. The van der Waals surface area contributed by atoms with Crippen molar-refractivity contribution in [2.24, 2.45) is 0 Å². The average Bonchev–Trinajstić information content (AvgIpc) is 2.42. The van der Waals surface area contributed by atoms with Gasteiger partial charge in [0, 0.05) is 12.6 Å². The molecule has 0 aliphatic rings. The summed E-state index contributed by atoms with van der Waals surface area (Å²) in [6.45, 7) is 5.91. The second kappa shape index (κ2) is 7.14. The molecule has 106 valence electrons. The molecular weight excluding hydrogens is 242 g/mol. The monoisotopic (exact) mass is 265 g/mol. The van der Waals surface area contributed by atoms with Crippen LogP contribution in [0.15, 0.2) is 24.3 Å². The van der Waals surface area contributed by atoms with Crippen molar-refractivity contribution in [1.82, 2.24) is 4.90 Å². The molecule has 1 aromatic rings. The molecule has 0 aliphatic heterocycles. The first-order valence-electron chi connectivity index (χ1n) is 6.47. The summed E-state index contributed by atoms with van der Waals surface area (Å²) in [5.74, 6) is 0.756. The van der Waals surface area contributed by atoms with E-state index in [-0.39, 0.29) is 24.7 Å². The number of ether oxygens (including phenoxy) is 2. The van der Waals surface area contributed by atoms with Crippen LogP contribution >= 0.6 is 0 Å². The maximum Gasteiger partial charge on any atom is 0.248 e. The predicted octanol–water partition coefficient (Wildman–Crippen LogP) is 2.64. The molecule has 0 spiro atoms. The molecule has 0 aromatic heterocycles. The van der Waals surface area contributed by atoms with E-state index in [1.807, 2.05) is 45.0 Å². The molecule has 1 rings (SSSR count). The predicted molar refractivity (Wildman–Crippen MR) is 75.3 cm³/mol. The second-order valence-corrected chi connectivity index (χ2v) is 4.78. The summed E-state index contributed by atoms with van der Waals surface area (Å²) in [4.78, 5) is 13.7. The van der Waals surface area contributed by atoms with E-state index in [0.717, 1.165) is 11.3 Å². The average molecular weight is 265 g/mol. The number of methoxy groups -OCH3 is 1. The molecule has 4 heteroatoms. The third kappa shape index (κ3) is 4.24. The van der Waals surface area contributed by atoms with Crippen molar-refractivity contribution in [2.75, 3.05) is 20.8 Å². The van der Waals surface area contributed by atoms with Crippen molar-refractivity contribution < 1.29 is 14.3 Å². The van der Waals surface area contributed by atoms with E-state index < -0.39 is 0 Å². The number of carbonyl (C=O) groups excluding carboxylic acids is 1. The van der Waals surface area contributed by atoms with Gasteiger partial charge >= 0.3 is 0 Å². The van der Waals surface area contributed by atoms with E-state index in [0.29, 0.717) is 0 Å². The highest BCUT2D eigenvalue weighted by molar-refractivity contribution is 5.77. The van der Waals surface area contributed by atoms with Crippen molar-refractivity contribution >= 4 is 5.91 Å². The minimum atomic E-state index is -0.0561. The number of likely N-dealkylation sites (N-methyl/N-ethyl adjacent to an activating group) is 1. The number of hydrogen-bond acceptors (Lipinski definition) is 3. The lowest BCUT2D eigenvalue weighted by Crippen LogP contribution is -2.33. The first-order chi connectivity index (χ1) is 8.97. The number of para-hydroxylation sites is 1. The summed E-state index contributed by atoms with van der Waals surface area (Å²) in [5, 5.41) is 0. The van der Waals surface area contributed by atoms with Gasteiger partial charge in [0.1, 0.15) is 12.4 Å². The Labute approximate surface area is 115 Å². The summed E-state index contributed by atoms with van der Waals surface area (Å²) in [6.07, 6.45) is 0.0546. The van der Waals surface area contributed by atoms with Crippen molar-refractivity contribution in [3.05, 3.63) is 29.8 Å². The van der Waals surface area contributed by atoms with Crippen LogP contribution in [0.3, 0.4) is 0 Å². The molecule has 0 fully saturated rings. The Morgan fingerprint density at radius 3 is 2.47 bits per heavy atom. The van der Waals surface area contributed by atoms with Crippen LogP contribution in [-0.2, 0) is 9.53 Å². The van der Waals surface area contributed by atoms with Crippen LogP contribution in [-0.4, -0.2) is 37.7 Å². The Bertz CT molecular complexity index is 418. The third-order valence-electron chi connectivity index (χ3n) is 3.10. The molecule has 0 heterocycles. The maximum absolute atomic E-state index is 12.0. The van der Waals surface area contributed by atoms with Gasteiger partial charge in [-0.15, -0.1) is 0 Å². The lowest BCUT2D eigenvalue weighted by atomic mass is 10.1. The topological polar surface area (TPSA) is 38.8 Å². The molecule has 0 saturated heterocycles. The molecule has 4 nitrogen and oxygen atoms in total. The molecule has 0 radical (unpaired) electrons. The van der Waals surface area contributed by atoms with Crippen LogP contribution in [0, 0.1) is 0 Å². The second-order valence-electron chi connectivity index (χ2n) is 4.78. The molecule has 0 aliphatic carbocycles. The highest BCUT2D eigenvalue weighted by Gasteiger charge is 2.20. The van der Waals surface area contributed by atoms with E-state index in [1.165, 1.54) is 0 Å². The summed E-state index contributed by atoms with van der Waals surface area (Å²) in [7, 11) is 3.42.